The second-order valence-corrected chi connectivity index (χ2v) is 5.63. The first-order valence-electron chi connectivity index (χ1n) is 7.45. The van der Waals surface area contributed by atoms with E-state index in [4.69, 9.17) is 0 Å². The van der Waals surface area contributed by atoms with Gasteiger partial charge in [0.2, 0.25) is 5.91 Å². The lowest BCUT2D eigenvalue weighted by Gasteiger charge is -2.34. The van der Waals surface area contributed by atoms with E-state index in [1.165, 1.54) is 12.8 Å². The summed E-state index contributed by atoms with van der Waals surface area (Å²) in [4.78, 5) is 20.7. The van der Waals surface area contributed by atoms with E-state index in [1.54, 1.807) is 0 Å². The Balaban J connectivity index is 1.40. The third kappa shape index (κ3) is 3.77. The Hall–Kier alpha value is -1.46. The van der Waals surface area contributed by atoms with E-state index < -0.39 is 0 Å². The summed E-state index contributed by atoms with van der Waals surface area (Å²) in [6.07, 6.45) is 4.29. The fourth-order valence-electron chi connectivity index (χ4n) is 2.51. The number of nitrogens with zero attached hydrogens (tertiary/aromatic N) is 3. The minimum absolute atomic E-state index is 0.245. The fourth-order valence-corrected chi connectivity index (χ4v) is 2.51. The van der Waals surface area contributed by atoms with Crippen molar-refractivity contribution in [3.8, 4) is 0 Å². The molecule has 0 unspecified atom stereocenters. The average Bonchev–Trinajstić information content (AvgIpc) is 3.31. The second-order valence-electron chi connectivity index (χ2n) is 5.63. The normalized spacial score (nSPS) is 20.1. The lowest BCUT2D eigenvalue weighted by molar-refractivity contribution is -0.132. The number of rotatable bonds is 5. The third-order valence-corrected chi connectivity index (χ3v) is 3.96. The van der Waals surface area contributed by atoms with Crippen molar-refractivity contribution in [2.24, 2.45) is 0 Å². The van der Waals surface area contributed by atoms with Gasteiger partial charge in [0.05, 0.1) is 12.2 Å². The van der Waals surface area contributed by atoms with E-state index in [1.807, 2.05) is 23.2 Å². The van der Waals surface area contributed by atoms with Crippen molar-refractivity contribution in [3.05, 3.63) is 30.1 Å². The van der Waals surface area contributed by atoms with Gasteiger partial charge in [-0.3, -0.25) is 14.7 Å². The highest BCUT2D eigenvalue weighted by atomic mass is 16.2. The zero-order valence-corrected chi connectivity index (χ0v) is 11.8. The summed E-state index contributed by atoms with van der Waals surface area (Å²) in [5, 5.41) is 3.29. The van der Waals surface area contributed by atoms with Gasteiger partial charge in [-0.25, -0.2) is 0 Å². The molecule has 2 heterocycles. The second kappa shape index (κ2) is 6.33. The zero-order valence-electron chi connectivity index (χ0n) is 11.8. The van der Waals surface area contributed by atoms with Crippen LogP contribution in [0.5, 0.6) is 0 Å². The largest absolute Gasteiger partial charge is 0.339 e. The van der Waals surface area contributed by atoms with Crippen molar-refractivity contribution in [1.82, 2.24) is 20.1 Å². The first kappa shape index (κ1) is 13.5. The summed E-state index contributed by atoms with van der Waals surface area (Å²) in [7, 11) is 0. The van der Waals surface area contributed by atoms with Crippen LogP contribution in [0.15, 0.2) is 24.4 Å². The molecule has 2 fully saturated rings. The SMILES string of the molecule is O=C(CNC1CC1)N1CCN(Cc2ccccn2)CC1. The minimum Gasteiger partial charge on any atom is -0.339 e. The molecule has 1 aromatic rings. The van der Waals surface area contributed by atoms with Crippen molar-refractivity contribution < 1.29 is 4.79 Å². The molecular weight excluding hydrogens is 252 g/mol. The maximum atomic E-state index is 12.0. The van der Waals surface area contributed by atoms with Gasteiger partial charge in [-0.1, -0.05) is 6.07 Å². The Morgan fingerprint density at radius 2 is 2.05 bits per heavy atom. The molecule has 3 rings (SSSR count). The Labute approximate surface area is 120 Å². The molecule has 1 saturated heterocycles. The first-order valence-corrected chi connectivity index (χ1v) is 7.45. The summed E-state index contributed by atoms with van der Waals surface area (Å²) in [5.74, 6) is 0.245. The highest BCUT2D eigenvalue weighted by Crippen LogP contribution is 2.18. The van der Waals surface area contributed by atoms with E-state index in [2.05, 4.69) is 21.3 Å². The molecule has 1 N–H and O–H groups in total. The predicted molar refractivity (Wildman–Crippen MR) is 77.1 cm³/mol. The molecule has 1 aromatic heterocycles. The quantitative estimate of drug-likeness (QED) is 0.848. The molecule has 5 heteroatoms. The number of piperazine rings is 1. The third-order valence-electron chi connectivity index (χ3n) is 3.96. The Kier molecular flexibility index (Phi) is 4.28. The first-order chi connectivity index (χ1) is 9.81. The zero-order chi connectivity index (χ0) is 13.8. The van der Waals surface area contributed by atoms with Crippen LogP contribution in [0.25, 0.3) is 0 Å². The Bertz CT molecular complexity index is 438. The van der Waals surface area contributed by atoms with Crippen LogP contribution in [0, 0.1) is 0 Å². The number of carbonyl (C=O) groups is 1. The summed E-state index contributed by atoms with van der Waals surface area (Å²) in [5.41, 5.74) is 1.10. The number of aromatic nitrogens is 1. The van der Waals surface area contributed by atoms with Crippen molar-refractivity contribution in [2.75, 3.05) is 32.7 Å². The number of pyridine rings is 1. The summed E-state index contributed by atoms with van der Waals surface area (Å²) in [6, 6.07) is 6.61. The lowest BCUT2D eigenvalue weighted by atomic mass is 10.2. The summed E-state index contributed by atoms with van der Waals surface area (Å²) < 4.78 is 0. The lowest BCUT2D eigenvalue weighted by Crippen LogP contribution is -2.50. The van der Waals surface area contributed by atoms with Crippen molar-refractivity contribution >= 4 is 5.91 Å². The number of amides is 1. The molecule has 108 valence electrons. The molecule has 0 atom stereocenters. The molecule has 0 spiro atoms. The molecule has 5 nitrogen and oxygen atoms in total. The number of hydrogen-bond donors (Lipinski definition) is 1. The topological polar surface area (TPSA) is 48.5 Å². The van der Waals surface area contributed by atoms with Gasteiger partial charge in [0.1, 0.15) is 0 Å². The van der Waals surface area contributed by atoms with E-state index >= 15 is 0 Å². The van der Waals surface area contributed by atoms with Gasteiger partial charge < -0.3 is 10.2 Å². The molecule has 2 aliphatic rings. The molecular formula is C15H22N4O. The maximum absolute atomic E-state index is 12.0. The van der Waals surface area contributed by atoms with Gasteiger partial charge in [-0.05, 0) is 25.0 Å². The van der Waals surface area contributed by atoms with Crippen LogP contribution < -0.4 is 5.32 Å². The number of nitrogens with one attached hydrogen (secondary N) is 1. The van der Waals surface area contributed by atoms with Crippen LogP contribution in [0.3, 0.4) is 0 Å². The van der Waals surface area contributed by atoms with Gasteiger partial charge in [-0.2, -0.15) is 0 Å². The van der Waals surface area contributed by atoms with E-state index in [9.17, 15) is 4.79 Å². The van der Waals surface area contributed by atoms with Crippen LogP contribution in [-0.2, 0) is 11.3 Å². The summed E-state index contributed by atoms with van der Waals surface area (Å²) in [6.45, 7) is 4.92. The molecule has 20 heavy (non-hydrogen) atoms. The van der Waals surface area contributed by atoms with Gasteiger partial charge in [-0.15, -0.1) is 0 Å². The predicted octanol–water partition coefficient (Wildman–Crippen LogP) is 0.478. The standard InChI is InChI=1S/C15H22N4O/c20-15(11-17-13-4-5-13)19-9-7-18(8-10-19)12-14-3-1-2-6-16-14/h1-3,6,13,17H,4-5,7-12H2. The van der Waals surface area contributed by atoms with Gasteiger partial charge in [0.15, 0.2) is 0 Å². The van der Waals surface area contributed by atoms with E-state index in [0.717, 1.165) is 38.4 Å². The maximum Gasteiger partial charge on any atom is 0.236 e. The Morgan fingerprint density at radius 3 is 2.70 bits per heavy atom. The highest BCUT2D eigenvalue weighted by molar-refractivity contribution is 5.78. The van der Waals surface area contributed by atoms with E-state index in [0.29, 0.717) is 12.6 Å². The molecule has 1 saturated carbocycles. The monoisotopic (exact) mass is 274 g/mol. The molecule has 0 bridgehead atoms. The van der Waals surface area contributed by atoms with E-state index in [-0.39, 0.29) is 5.91 Å². The van der Waals surface area contributed by atoms with Crippen molar-refractivity contribution in [3.63, 3.8) is 0 Å². The smallest absolute Gasteiger partial charge is 0.236 e. The van der Waals surface area contributed by atoms with Gasteiger partial charge in [0.25, 0.3) is 0 Å². The van der Waals surface area contributed by atoms with Gasteiger partial charge in [0, 0.05) is 45.0 Å². The van der Waals surface area contributed by atoms with Gasteiger partial charge >= 0.3 is 0 Å². The molecule has 0 radical (unpaired) electrons. The Morgan fingerprint density at radius 1 is 1.25 bits per heavy atom. The van der Waals surface area contributed by atoms with Crippen LogP contribution in [-0.4, -0.2) is 59.5 Å². The fraction of sp³-hybridized carbons (Fsp3) is 0.600. The molecule has 1 aliphatic heterocycles. The minimum atomic E-state index is 0.245. The summed E-state index contributed by atoms with van der Waals surface area (Å²) >= 11 is 0. The van der Waals surface area contributed by atoms with Crippen LogP contribution in [0.2, 0.25) is 0 Å². The molecule has 0 aromatic carbocycles. The van der Waals surface area contributed by atoms with Crippen LogP contribution >= 0.6 is 0 Å². The number of carbonyl (C=O) groups excluding carboxylic acids is 1. The van der Waals surface area contributed by atoms with Crippen molar-refractivity contribution in [1.29, 1.82) is 0 Å². The molecule has 1 aliphatic carbocycles. The van der Waals surface area contributed by atoms with Crippen LogP contribution in [0.1, 0.15) is 18.5 Å². The number of hydrogen-bond acceptors (Lipinski definition) is 4. The van der Waals surface area contributed by atoms with Crippen molar-refractivity contribution in [2.45, 2.75) is 25.4 Å². The average molecular weight is 274 g/mol. The molecule has 1 amide bonds. The van der Waals surface area contributed by atoms with Crippen LogP contribution in [0.4, 0.5) is 0 Å². The highest BCUT2D eigenvalue weighted by Gasteiger charge is 2.24.